The Morgan fingerprint density at radius 3 is 2.30 bits per heavy atom. The molecule has 7 nitrogen and oxygen atoms in total. The van der Waals surface area contributed by atoms with E-state index in [1.807, 2.05) is 0 Å². The predicted octanol–water partition coefficient (Wildman–Crippen LogP) is 3.09. The number of ether oxygens (including phenoxy) is 1. The minimum Gasteiger partial charge on any atom is -0.379 e. The number of benzene rings is 2. The maximum atomic E-state index is 12.9. The standard InChI is InChI=1S/C23H27F3N4O3/c1-29(2)20-8-7-18(28-21(31)16-3-5-17(6-4-16)23(24,25)26)15-19(20)22(32)27-9-10-30-11-13-33-14-12-30/h3-8,15H,9-14H2,1-2H3,(H,27,32)(H,28,31). The number of rotatable bonds is 7. The molecule has 1 aliphatic rings. The molecule has 0 atom stereocenters. The number of nitrogens with zero attached hydrogens (tertiary/aromatic N) is 2. The number of nitrogens with one attached hydrogen (secondary N) is 2. The maximum Gasteiger partial charge on any atom is 0.416 e. The van der Waals surface area contributed by atoms with Crippen molar-refractivity contribution in [2.24, 2.45) is 0 Å². The van der Waals surface area contributed by atoms with Crippen molar-refractivity contribution in [3.05, 3.63) is 59.2 Å². The van der Waals surface area contributed by atoms with Crippen LogP contribution in [-0.4, -0.2) is 70.2 Å². The van der Waals surface area contributed by atoms with E-state index in [0.29, 0.717) is 43.2 Å². The number of morpholine rings is 1. The summed E-state index contributed by atoms with van der Waals surface area (Å²) in [4.78, 5) is 29.3. The summed E-state index contributed by atoms with van der Waals surface area (Å²) in [5.74, 6) is -0.849. The molecule has 2 aromatic rings. The Morgan fingerprint density at radius 2 is 1.70 bits per heavy atom. The Kier molecular flexibility index (Phi) is 7.93. The Bertz CT molecular complexity index is 972. The van der Waals surface area contributed by atoms with Crippen LogP contribution in [0.3, 0.4) is 0 Å². The summed E-state index contributed by atoms with van der Waals surface area (Å²) in [5, 5.41) is 5.55. The number of hydrogen-bond donors (Lipinski definition) is 2. The molecule has 0 aliphatic carbocycles. The third-order valence-electron chi connectivity index (χ3n) is 5.27. The molecule has 10 heteroatoms. The molecule has 1 heterocycles. The van der Waals surface area contributed by atoms with E-state index < -0.39 is 17.6 Å². The lowest BCUT2D eigenvalue weighted by Crippen LogP contribution is -2.41. The summed E-state index contributed by atoms with van der Waals surface area (Å²) < 4.78 is 43.5. The average Bonchev–Trinajstić information content (AvgIpc) is 2.79. The van der Waals surface area contributed by atoms with Crippen molar-refractivity contribution in [1.29, 1.82) is 0 Å². The van der Waals surface area contributed by atoms with Crippen molar-refractivity contribution in [3.63, 3.8) is 0 Å². The van der Waals surface area contributed by atoms with Gasteiger partial charge in [-0.2, -0.15) is 13.2 Å². The zero-order chi connectivity index (χ0) is 24.0. The number of halogens is 3. The van der Waals surface area contributed by atoms with Gasteiger partial charge in [-0.05, 0) is 42.5 Å². The lowest BCUT2D eigenvalue weighted by atomic mass is 10.1. The summed E-state index contributed by atoms with van der Waals surface area (Å²) in [6, 6.07) is 8.86. The third-order valence-corrected chi connectivity index (χ3v) is 5.27. The van der Waals surface area contributed by atoms with Gasteiger partial charge in [0.15, 0.2) is 0 Å². The van der Waals surface area contributed by atoms with Crippen molar-refractivity contribution in [2.45, 2.75) is 6.18 Å². The van der Waals surface area contributed by atoms with Crippen LogP contribution in [-0.2, 0) is 10.9 Å². The van der Waals surface area contributed by atoms with Gasteiger partial charge in [-0.15, -0.1) is 0 Å². The monoisotopic (exact) mass is 464 g/mol. The van der Waals surface area contributed by atoms with Crippen molar-refractivity contribution in [1.82, 2.24) is 10.2 Å². The van der Waals surface area contributed by atoms with E-state index in [1.54, 1.807) is 37.2 Å². The van der Waals surface area contributed by atoms with Crippen LogP contribution in [0.15, 0.2) is 42.5 Å². The fraction of sp³-hybridized carbons (Fsp3) is 0.391. The van der Waals surface area contributed by atoms with Gasteiger partial charge in [-0.1, -0.05) is 0 Å². The van der Waals surface area contributed by atoms with Crippen molar-refractivity contribution in [3.8, 4) is 0 Å². The molecular formula is C23H27F3N4O3. The van der Waals surface area contributed by atoms with E-state index >= 15 is 0 Å². The van der Waals surface area contributed by atoms with Gasteiger partial charge in [0.1, 0.15) is 0 Å². The average molecular weight is 464 g/mol. The van der Waals surface area contributed by atoms with E-state index in [0.717, 1.165) is 37.4 Å². The van der Waals surface area contributed by atoms with Gasteiger partial charge < -0.3 is 20.3 Å². The van der Waals surface area contributed by atoms with E-state index in [-0.39, 0.29) is 11.5 Å². The molecule has 1 fully saturated rings. The molecule has 33 heavy (non-hydrogen) atoms. The van der Waals surface area contributed by atoms with E-state index in [2.05, 4.69) is 15.5 Å². The zero-order valence-electron chi connectivity index (χ0n) is 18.5. The molecule has 1 saturated heterocycles. The van der Waals surface area contributed by atoms with Gasteiger partial charge in [-0.25, -0.2) is 0 Å². The number of hydrogen-bond acceptors (Lipinski definition) is 5. The first-order chi connectivity index (χ1) is 15.6. The first-order valence-corrected chi connectivity index (χ1v) is 10.5. The fourth-order valence-corrected chi connectivity index (χ4v) is 3.45. The molecule has 0 unspecified atom stereocenters. The first kappa shape index (κ1) is 24.5. The van der Waals surface area contributed by atoms with Gasteiger partial charge in [-0.3, -0.25) is 14.5 Å². The van der Waals surface area contributed by atoms with E-state index in [9.17, 15) is 22.8 Å². The van der Waals surface area contributed by atoms with Crippen LogP contribution in [0, 0.1) is 0 Å². The minimum atomic E-state index is -4.47. The molecule has 0 radical (unpaired) electrons. The predicted molar refractivity (Wildman–Crippen MR) is 120 cm³/mol. The Labute approximate surface area is 190 Å². The number of alkyl halides is 3. The SMILES string of the molecule is CN(C)c1ccc(NC(=O)c2ccc(C(F)(F)F)cc2)cc1C(=O)NCCN1CCOCC1. The zero-order valence-corrected chi connectivity index (χ0v) is 18.5. The van der Waals surface area contributed by atoms with Crippen molar-refractivity contribution in [2.75, 3.05) is 63.7 Å². The van der Waals surface area contributed by atoms with Gasteiger partial charge in [0, 0.05) is 57.2 Å². The topological polar surface area (TPSA) is 73.9 Å². The summed E-state index contributed by atoms with van der Waals surface area (Å²) in [7, 11) is 3.61. The molecular weight excluding hydrogens is 437 g/mol. The summed E-state index contributed by atoms with van der Waals surface area (Å²) >= 11 is 0. The molecule has 1 aliphatic heterocycles. The number of carbonyl (C=O) groups is 2. The maximum absolute atomic E-state index is 12.9. The summed E-state index contributed by atoms with van der Waals surface area (Å²) in [6.45, 7) is 4.18. The van der Waals surface area contributed by atoms with Gasteiger partial charge >= 0.3 is 6.18 Å². The van der Waals surface area contributed by atoms with Crippen LogP contribution in [0.5, 0.6) is 0 Å². The molecule has 0 bridgehead atoms. The molecule has 2 amide bonds. The van der Waals surface area contributed by atoms with Crippen LogP contribution in [0.1, 0.15) is 26.3 Å². The van der Waals surface area contributed by atoms with E-state index in [1.165, 1.54) is 0 Å². The second kappa shape index (κ2) is 10.7. The quantitative estimate of drug-likeness (QED) is 0.659. The smallest absolute Gasteiger partial charge is 0.379 e. The number of carbonyl (C=O) groups excluding carboxylic acids is 2. The Morgan fingerprint density at radius 1 is 1.03 bits per heavy atom. The summed E-state index contributed by atoms with van der Waals surface area (Å²) in [6.07, 6.45) is -4.47. The molecule has 0 saturated carbocycles. The van der Waals surface area contributed by atoms with Crippen LogP contribution in [0.4, 0.5) is 24.5 Å². The van der Waals surface area contributed by atoms with Crippen molar-refractivity contribution < 1.29 is 27.5 Å². The molecule has 3 rings (SSSR count). The normalized spacial score (nSPS) is 14.6. The highest BCUT2D eigenvalue weighted by atomic mass is 19.4. The molecule has 2 N–H and O–H groups in total. The second-order valence-corrected chi connectivity index (χ2v) is 7.87. The van der Waals surface area contributed by atoms with Crippen LogP contribution in [0.25, 0.3) is 0 Å². The van der Waals surface area contributed by atoms with Gasteiger partial charge in [0.25, 0.3) is 11.8 Å². The molecule has 2 aromatic carbocycles. The molecule has 0 aromatic heterocycles. The third kappa shape index (κ3) is 6.69. The number of anilines is 2. The van der Waals surface area contributed by atoms with Gasteiger partial charge in [0.05, 0.1) is 24.3 Å². The lowest BCUT2D eigenvalue weighted by molar-refractivity contribution is -0.137. The fourth-order valence-electron chi connectivity index (χ4n) is 3.45. The Balaban J connectivity index is 1.68. The highest BCUT2D eigenvalue weighted by molar-refractivity contribution is 6.06. The largest absolute Gasteiger partial charge is 0.416 e. The Hall–Kier alpha value is -3.11. The van der Waals surface area contributed by atoms with Gasteiger partial charge in [0.2, 0.25) is 0 Å². The lowest BCUT2D eigenvalue weighted by Gasteiger charge is -2.26. The van der Waals surface area contributed by atoms with Crippen LogP contribution >= 0.6 is 0 Å². The molecule has 0 spiro atoms. The van der Waals surface area contributed by atoms with Crippen LogP contribution < -0.4 is 15.5 Å². The highest BCUT2D eigenvalue weighted by Gasteiger charge is 2.30. The second-order valence-electron chi connectivity index (χ2n) is 7.87. The summed E-state index contributed by atoms with van der Waals surface area (Å²) in [5.41, 5.74) is 0.670. The van der Waals surface area contributed by atoms with Crippen LogP contribution in [0.2, 0.25) is 0 Å². The number of amides is 2. The van der Waals surface area contributed by atoms with E-state index in [4.69, 9.17) is 4.74 Å². The minimum absolute atomic E-state index is 0.0798. The van der Waals surface area contributed by atoms with Crippen molar-refractivity contribution >= 4 is 23.2 Å². The molecule has 178 valence electrons. The first-order valence-electron chi connectivity index (χ1n) is 10.5. The highest BCUT2D eigenvalue weighted by Crippen LogP contribution is 2.29.